The summed E-state index contributed by atoms with van der Waals surface area (Å²) in [5, 5.41) is 16.0. The molecule has 21 heteroatoms. The third-order valence-electron chi connectivity index (χ3n) is 7.99. The molecule has 0 saturated carbocycles. The number of amides is 5. The Balaban J connectivity index is 5.75. The Labute approximate surface area is 355 Å². The summed E-state index contributed by atoms with van der Waals surface area (Å²) in [6.07, 6.45) is 3.61. The molecule has 6 N–H and O–H groups in total. The van der Waals surface area contributed by atoms with Gasteiger partial charge in [0.1, 0.15) is 31.2 Å². The number of carbonyl (C=O) groups is 9. The molecule has 19 nitrogen and oxygen atoms in total. The molecule has 5 amide bonds. The lowest BCUT2D eigenvalue weighted by molar-refractivity contribution is -0.148. The summed E-state index contributed by atoms with van der Waals surface area (Å²) < 4.78 is 20.0. The fourth-order valence-electron chi connectivity index (χ4n) is 4.95. The van der Waals surface area contributed by atoms with Crippen molar-refractivity contribution in [3.8, 4) is 0 Å². The predicted molar refractivity (Wildman–Crippen MR) is 223 cm³/mol. The van der Waals surface area contributed by atoms with Crippen LogP contribution in [0.3, 0.4) is 0 Å². The number of hydrogen-bond acceptors (Lipinski definition) is 16. The zero-order chi connectivity index (χ0) is 44.4. The highest BCUT2D eigenvalue weighted by molar-refractivity contribution is 8.76. The molecule has 0 aromatic heterocycles. The van der Waals surface area contributed by atoms with Gasteiger partial charge in [0.2, 0.25) is 29.5 Å². The molecule has 0 aromatic rings. The van der Waals surface area contributed by atoms with E-state index in [-0.39, 0.29) is 94.9 Å². The smallest absolute Gasteiger partial charge is 0.328 e. The number of nitrogens with one attached hydrogen (secondary N) is 6. The van der Waals surface area contributed by atoms with Gasteiger partial charge >= 0.3 is 23.9 Å². The Morgan fingerprint density at radius 1 is 0.475 bits per heavy atom. The largest absolute Gasteiger partial charge is 0.465 e. The highest BCUT2D eigenvalue weighted by Gasteiger charge is 2.27. The van der Waals surface area contributed by atoms with Crippen molar-refractivity contribution in [3.05, 3.63) is 0 Å². The Morgan fingerprint density at radius 2 is 0.881 bits per heavy atom. The van der Waals surface area contributed by atoms with Crippen LogP contribution in [0.15, 0.2) is 0 Å². The number of carbonyl (C=O) groups excluding carboxylic acids is 9. The lowest BCUT2D eigenvalue weighted by atomic mass is 10.1. The highest BCUT2D eigenvalue weighted by Crippen LogP contribution is 2.23. The van der Waals surface area contributed by atoms with Crippen molar-refractivity contribution in [1.82, 2.24) is 31.9 Å². The van der Waals surface area contributed by atoms with Gasteiger partial charge in [-0.1, -0.05) is 48.3 Å². The second kappa shape index (κ2) is 34.7. The summed E-state index contributed by atoms with van der Waals surface area (Å²) in [4.78, 5) is 113. The molecule has 0 fully saturated rings. The summed E-state index contributed by atoms with van der Waals surface area (Å²) in [6.45, 7) is 10.3. The predicted octanol–water partition coefficient (Wildman–Crippen LogP) is 1.21. The molecule has 4 atom stereocenters. The first-order chi connectivity index (χ1) is 28.3. The summed E-state index contributed by atoms with van der Waals surface area (Å²) in [7, 11) is 2.33. The number of esters is 4. The second-order valence-electron chi connectivity index (χ2n) is 12.9. The van der Waals surface area contributed by atoms with E-state index in [0.717, 1.165) is 23.6 Å². The van der Waals surface area contributed by atoms with Crippen LogP contribution in [0.25, 0.3) is 0 Å². The minimum Gasteiger partial charge on any atom is -0.465 e. The van der Waals surface area contributed by atoms with Crippen molar-refractivity contribution in [1.29, 1.82) is 0 Å². The first kappa shape index (κ1) is 54.9. The fourth-order valence-corrected chi connectivity index (χ4v) is 7.31. The molecule has 0 rings (SSSR count). The molecule has 338 valence electrons. The molecule has 0 bridgehead atoms. The van der Waals surface area contributed by atoms with Crippen LogP contribution < -0.4 is 31.9 Å². The van der Waals surface area contributed by atoms with Crippen LogP contribution in [0.2, 0.25) is 0 Å². The van der Waals surface area contributed by atoms with Crippen molar-refractivity contribution in [3.63, 3.8) is 0 Å². The number of hydrogen-bond donors (Lipinski definition) is 6. The molecule has 0 saturated heterocycles. The monoisotopic (exact) mass is 878 g/mol. The van der Waals surface area contributed by atoms with Crippen LogP contribution in [-0.4, -0.2) is 135 Å². The molecule has 0 aromatic carbocycles. The summed E-state index contributed by atoms with van der Waals surface area (Å²) in [5.74, 6) is -4.89. The van der Waals surface area contributed by atoms with E-state index in [1.165, 1.54) is 10.8 Å². The molecule has 0 spiro atoms. The molecule has 59 heavy (non-hydrogen) atoms. The third kappa shape index (κ3) is 27.3. The van der Waals surface area contributed by atoms with Gasteiger partial charge in [0.05, 0.1) is 32.5 Å². The third-order valence-corrected chi connectivity index (χ3v) is 10.4. The summed E-state index contributed by atoms with van der Waals surface area (Å²) in [6, 6.07) is -3.97. The number of ether oxygens (including phenoxy) is 4. The zero-order valence-electron chi connectivity index (χ0n) is 35.4. The van der Waals surface area contributed by atoms with Gasteiger partial charge in [-0.05, 0) is 66.3 Å². The Bertz CT molecular complexity index is 1330. The van der Waals surface area contributed by atoms with Gasteiger partial charge in [0, 0.05) is 30.8 Å². The molecule has 0 radical (unpaired) electrons. The topological polar surface area (TPSA) is 263 Å². The number of unbranched alkanes of at least 4 members (excludes halogenated alkanes) is 2. The second-order valence-corrected chi connectivity index (χ2v) is 15.4. The molecular weight excluding hydrogens is 813 g/mol. The SMILES string of the molecule is CCCCC(=O)N[C@@H](CCCN[C@@H](CSSC[C@H](NC(=O)CC[C@H](NC(=O)CCCC)C(=O)OCC)C(=O)NCC(=O)OCC)C(=O)NCC(=O)OCC)C(=O)OCC. The van der Waals surface area contributed by atoms with Crippen LogP contribution >= 0.6 is 21.6 Å². The molecular formula is C38H66N6O13S2. The average Bonchev–Trinajstić information content (AvgIpc) is 3.20. The molecule has 0 heterocycles. The van der Waals surface area contributed by atoms with Gasteiger partial charge in [0.25, 0.3) is 0 Å². The van der Waals surface area contributed by atoms with E-state index in [1.54, 1.807) is 27.7 Å². The van der Waals surface area contributed by atoms with Crippen LogP contribution in [0.1, 0.15) is 106 Å². The van der Waals surface area contributed by atoms with E-state index >= 15 is 0 Å². The van der Waals surface area contributed by atoms with E-state index in [0.29, 0.717) is 19.3 Å². The van der Waals surface area contributed by atoms with Crippen molar-refractivity contribution in [2.24, 2.45) is 0 Å². The maximum Gasteiger partial charge on any atom is 0.328 e. The molecule has 0 aliphatic rings. The van der Waals surface area contributed by atoms with Gasteiger partial charge < -0.3 is 50.8 Å². The van der Waals surface area contributed by atoms with E-state index < -0.39 is 72.3 Å². The van der Waals surface area contributed by atoms with Gasteiger partial charge in [0.15, 0.2) is 0 Å². The molecule has 0 aliphatic heterocycles. The normalized spacial score (nSPS) is 12.7. The summed E-state index contributed by atoms with van der Waals surface area (Å²) in [5.41, 5.74) is 0. The van der Waals surface area contributed by atoms with E-state index in [2.05, 4.69) is 31.9 Å². The minimum atomic E-state index is -1.16. The maximum absolute atomic E-state index is 13.2. The Hall–Kier alpha value is -4.11. The van der Waals surface area contributed by atoms with Crippen molar-refractivity contribution >= 4 is 75.0 Å². The summed E-state index contributed by atoms with van der Waals surface area (Å²) >= 11 is 0. The number of rotatable bonds is 34. The minimum absolute atomic E-state index is 0.0176. The van der Waals surface area contributed by atoms with Crippen LogP contribution in [-0.2, 0) is 62.1 Å². The van der Waals surface area contributed by atoms with E-state index in [1.807, 2.05) is 13.8 Å². The average molecular weight is 879 g/mol. The lowest BCUT2D eigenvalue weighted by Gasteiger charge is -2.21. The Morgan fingerprint density at radius 3 is 1.34 bits per heavy atom. The lowest BCUT2D eigenvalue weighted by Crippen LogP contribution is -2.50. The van der Waals surface area contributed by atoms with Crippen molar-refractivity contribution < 1.29 is 62.1 Å². The standard InChI is InChI=1S/C38H66N6O13S2/c1-7-13-17-30(45)42-26(37(52)56-11-5)16-15-21-39-28(35(50)40-22-33(48)54-9-3)24-58-59-25-29(36(51)41-23-34(49)55-10-4)44-32(47)20-19-27(38(53)57-12-6)43-31(46)18-14-8-2/h26-29,39H,7-25H2,1-6H3,(H,40,50)(H,41,51)(H,42,45)(H,43,46)(H,44,47)/t26-,27-,28-,29-/m0/s1. The van der Waals surface area contributed by atoms with Gasteiger partial charge in [-0.2, -0.15) is 0 Å². The quantitative estimate of drug-likeness (QED) is 0.0230. The van der Waals surface area contributed by atoms with Crippen LogP contribution in [0.4, 0.5) is 0 Å². The van der Waals surface area contributed by atoms with Gasteiger partial charge in [-0.25, -0.2) is 9.59 Å². The molecule has 0 unspecified atom stereocenters. The Kier molecular flexibility index (Phi) is 32.3. The molecule has 0 aliphatic carbocycles. The van der Waals surface area contributed by atoms with Crippen molar-refractivity contribution in [2.45, 2.75) is 130 Å². The van der Waals surface area contributed by atoms with Gasteiger partial charge in [-0.3, -0.25) is 33.6 Å². The van der Waals surface area contributed by atoms with Crippen molar-refractivity contribution in [2.75, 3.05) is 57.6 Å². The van der Waals surface area contributed by atoms with E-state index in [9.17, 15) is 43.2 Å². The highest BCUT2D eigenvalue weighted by atomic mass is 33.1. The maximum atomic E-state index is 13.2. The van der Waals surface area contributed by atoms with Gasteiger partial charge in [-0.15, -0.1) is 0 Å². The van der Waals surface area contributed by atoms with Crippen LogP contribution in [0, 0.1) is 0 Å². The van der Waals surface area contributed by atoms with E-state index in [4.69, 9.17) is 18.9 Å². The zero-order valence-corrected chi connectivity index (χ0v) is 37.0. The first-order valence-corrected chi connectivity index (χ1v) is 22.8. The first-order valence-electron chi connectivity index (χ1n) is 20.3. The van der Waals surface area contributed by atoms with Crippen LogP contribution in [0.5, 0.6) is 0 Å². The fraction of sp³-hybridized carbons (Fsp3) is 0.763.